The normalized spacial score (nSPS) is 17.8. The van der Waals surface area contributed by atoms with E-state index in [-0.39, 0.29) is 10.6 Å². The van der Waals surface area contributed by atoms with Crippen molar-refractivity contribution in [1.29, 1.82) is 0 Å². The number of carbonyl (C=O) groups is 1. The number of sulfonamides is 1. The van der Waals surface area contributed by atoms with Crippen molar-refractivity contribution < 1.29 is 32.2 Å². The molecule has 0 aliphatic carbocycles. The molecule has 1 aliphatic heterocycles. The molecule has 0 bridgehead atoms. The van der Waals surface area contributed by atoms with Crippen molar-refractivity contribution in [3.05, 3.63) is 10.3 Å². The summed E-state index contributed by atoms with van der Waals surface area (Å²) in [6.07, 6.45) is 0.801. The second kappa shape index (κ2) is 5.71. The number of carbonyl (C=O) groups excluding carboxylic acids is 2. The lowest BCUT2D eigenvalue weighted by Crippen LogP contribution is -2.32. The van der Waals surface area contributed by atoms with Crippen LogP contribution in [0.1, 0.15) is 16.1 Å². The fourth-order valence-corrected chi connectivity index (χ4v) is 3.66. The molecule has 1 unspecified atom stereocenters. The van der Waals surface area contributed by atoms with E-state index in [2.05, 4.69) is 4.40 Å². The predicted molar refractivity (Wildman–Crippen MR) is 66.0 cm³/mol. The van der Waals surface area contributed by atoms with Crippen molar-refractivity contribution in [3.8, 4) is 5.75 Å². The van der Waals surface area contributed by atoms with Crippen LogP contribution in [0.4, 0.5) is 0 Å². The van der Waals surface area contributed by atoms with Crippen molar-refractivity contribution in [2.24, 2.45) is 4.40 Å². The van der Waals surface area contributed by atoms with Gasteiger partial charge in [-0.1, -0.05) is 4.40 Å². The zero-order valence-electron chi connectivity index (χ0n) is 10.2. The van der Waals surface area contributed by atoms with Crippen molar-refractivity contribution in [1.82, 2.24) is 0 Å². The zero-order chi connectivity index (χ0) is 14.8. The van der Waals surface area contributed by atoms with Crippen LogP contribution in [-0.4, -0.2) is 40.5 Å². The summed E-state index contributed by atoms with van der Waals surface area (Å²) < 4.78 is 41.1. The van der Waals surface area contributed by atoms with Crippen LogP contribution >= 0.6 is 11.3 Å². The minimum Gasteiger partial charge on any atom is -0.494 e. The molecule has 1 fully saturated rings. The Labute approximate surface area is 118 Å². The number of nitrogens with zero attached hydrogens (tertiary/aromatic N) is 1. The molecule has 20 heavy (non-hydrogen) atoms. The summed E-state index contributed by atoms with van der Waals surface area (Å²) in [4.78, 5) is 21.4. The minimum atomic E-state index is -4.36. The highest BCUT2D eigenvalue weighted by Crippen LogP contribution is 2.35. The number of hydrogen-bond donors (Lipinski definition) is 0. The zero-order valence-corrected chi connectivity index (χ0v) is 11.8. The van der Waals surface area contributed by atoms with Gasteiger partial charge in [0.05, 0.1) is 13.7 Å². The van der Waals surface area contributed by atoms with Crippen LogP contribution in [0.2, 0.25) is 0 Å². The summed E-state index contributed by atoms with van der Waals surface area (Å²) in [5.41, 5.74) is 0. The molecule has 10 heteroatoms. The molecule has 8 nitrogen and oxygen atoms in total. The summed E-state index contributed by atoms with van der Waals surface area (Å²) in [7, 11) is -3.13. The first-order valence-corrected chi connectivity index (χ1v) is 7.63. The summed E-state index contributed by atoms with van der Waals surface area (Å²) in [5.74, 6) is -0.960. The van der Waals surface area contributed by atoms with Gasteiger partial charge in [-0.3, -0.25) is 0 Å². The summed E-state index contributed by atoms with van der Waals surface area (Å²) in [5, 5.41) is 1.31. The van der Waals surface area contributed by atoms with Gasteiger partial charge in [0, 0.05) is 11.8 Å². The number of ether oxygens (including phenoxy) is 3. The lowest BCUT2D eigenvalue weighted by molar-refractivity contribution is -0.184. The average molecular weight is 319 g/mol. The molecule has 0 spiro atoms. The van der Waals surface area contributed by atoms with E-state index in [1.54, 1.807) is 0 Å². The molecule has 1 aromatic heterocycles. The lowest BCUT2D eigenvalue weighted by atomic mass is 10.3. The quantitative estimate of drug-likeness (QED) is 0.446. The highest BCUT2D eigenvalue weighted by Gasteiger charge is 2.32. The Hall–Kier alpha value is -1.74. The summed E-state index contributed by atoms with van der Waals surface area (Å²) >= 11 is 0.814. The van der Waals surface area contributed by atoms with Gasteiger partial charge in [0.1, 0.15) is 4.88 Å². The Kier molecular flexibility index (Phi) is 4.19. The third kappa shape index (κ3) is 2.73. The molecule has 1 aliphatic rings. The van der Waals surface area contributed by atoms with E-state index in [4.69, 9.17) is 14.2 Å². The van der Waals surface area contributed by atoms with Gasteiger partial charge in [-0.15, -0.1) is 11.3 Å². The summed E-state index contributed by atoms with van der Waals surface area (Å²) in [6.45, 7) is 0.478. The van der Waals surface area contributed by atoms with Crippen LogP contribution in [-0.2, 0) is 24.3 Å². The van der Waals surface area contributed by atoms with E-state index in [0.717, 1.165) is 17.4 Å². The van der Waals surface area contributed by atoms with Crippen molar-refractivity contribution in [2.75, 3.05) is 13.7 Å². The second-order valence-corrected chi connectivity index (χ2v) is 6.03. The fourth-order valence-electron chi connectivity index (χ4n) is 1.43. The SMILES string of the molecule is COc1csc(C(=O)OC2CCO2)c1S(=O)(=O)N=C=O. The van der Waals surface area contributed by atoms with Crippen LogP contribution in [0.5, 0.6) is 5.75 Å². The maximum atomic E-state index is 11.9. The van der Waals surface area contributed by atoms with Gasteiger partial charge in [0.2, 0.25) is 6.29 Å². The fraction of sp³-hybridized carbons (Fsp3) is 0.400. The third-order valence-corrected chi connectivity index (χ3v) is 4.73. The Bertz CT molecular complexity index is 668. The number of esters is 1. The van der Waals surface area contributed by atoms with Crippen molar-refractivity contribution in [2.45, 2.75) is 17.6 Å². The van der Waals surface area contributed by atoms with Crippen LogP contribution in [0.15, 0.2) is 14.7 Å². The molecule has 2 heterocycles. The Morgan fingerprint density at radius 2 is 2.30 bits per heavy atom. The van der Waals surface area contributed by atoms with E-state index >= 15 is 0 Å². The molecule has 2 rings (SSSR count). The van der Waals surface area contributed by atoms with Gasteiger partial charge in [-0.2, -0.15) is 8.42 Å². The molecule has 1 aromatic rings. The molecular weight excluding hydrogens is 310 g/mol. The van der Waals surface area contributed by atoms with Crippen LogP contribution in [0, 0.1) is 0 Å². The van der Waals surface area contributed by atoms with Gasteiger partial charge in [0.15, 0.2) is 10.6 Å². The van der Waals surface area contributed by atoms with E-state index in [1.165, 1.54) is 12.5 Å². The molecule has 0 aromatic carbocycles. The topological polar surface area (TPSA) is 108 Å². The maximum absolute atomic E-state index is 11.9. The van der Waals surface area contributed by atoms with E-state index < -0.39 is 27.2 Å². The van der Waals surface area contributed by atoms with E-state index in [9.17, 15) is 18.0 Å². The van der Waals surface area contributed by atoms with Gasteiger partial charge < -0.3 is 14.2 Å². The van der Waals surface area contributed by atoms with E-state index in [1.807, 2.05) is 0 Å². The predicted octanol–water partition coefficient (Wildman–Crippen LogP) is 0.684. The monoisotopic (exact) mass is 319 g/mol. The van der Waals surface area contributed by atoms with Crippen LogP contribution in [0.3, 0.4) is 0 Å². The van der Waals surface area contributed by atoms with Crippen LogP contribution in [0.25, 0.3) is 0 Å². The molecule has 0 N–H and O–H groups in total. The van der Waals surface area contributed by atoms with Crippen LogP contribution < -0.4 is 4.74 Å². The number of isocyanates is 1. The third-order valence-electron chi connectivity index (χ3n) is 2.43. The molecule has 0 amide bonds. The molecular formula is C10H9NO7S2. The standard InChI is InChI=1S/C10H9NO7S2/c1-16-6-4-19-8(9(6)20(14,15)11-5-12)10(13)18-7-2-3-17-7/h4,7H,2-3H2,1H3. The number of thiophene rings is 1. The van der Waals surface area contributed by atoms with Gasteiger partial charge in [-0.05, 0) is 0 Å². The maximum Gasteiger partial charge on any atom is 0.352 e. The minimum absolute atomic E-state index is 0.0875. The first-order valence-electron chi connectivity index (χ1n) is 5.32. The Morgan fingerprint density at radius 3 is 2.80 bits per heavy atom. The highest BCUT2D eigenvalue weighted by atomic mass is 32.2. The Balaban J connectivity index is 2.40. The Morgan fingerprint density at radius 1 is 1.60 bits per heavy atom. The largest absolute Gasteiger partial charge is 0.494 e. The number of rotatable bonds is 5. The van der Waals surface area contributed by atoms with Gasteiger partial charge in [-0.25, -0.2) is 9.59 Å². The summed E-state index contributed by atoms with van der Waals surface area (Å²) in [6, 6.07) is 0. The van der Waals surface area contributed by atoms with Gasteiger partial charge in [0.25, 0.3) is 16.1 Å². The molecule has 1 atom stereocenters. The first-order chi connectivity index (χ1) is 9.49. The number of hydrogen-bond acceptors (Lipinski definition) is 8. The molecule has 0 saturated carbocycles. The average Bonchev–Trinajstić information content (AvgIpc) is 2.78. The lowest BCUT2D eigenvalue weighted by Gasteiger charge is -2.25. The van der Waals surface area contributed by atoms with Crippen molar-refractivity contribution >= 4 is 33.4 Å². The molecule has 108 valence electrons. The smallest absolute Gasteiger partial charge is 0.352 e. The van der Waals surface area contributed by atoms with Gasteiger partial charge >= 0.3 is 5.97 Å². The highest BCUT2D eigenvalue weighted by molar-refractivity contribution is 7.90. The first kappa shape index (κ1) is 14.7. The molecule has 1 saturated heterocycles. The van der Waals surface area contributed by atoms with Crippen molar-refractivity contribution in [3.63, 3.8) is 0 Å². The second-order valence-electron chi connectivity index (χ2n) is 3.61. The van der Waals surface area contributed by atoms with E-state index in [0.29, 0.717) is 13.0 Å². The number of methoxy groups -OCH3 is 1. The molecule has 0 radical (unpaired) electrons.